The fourth-order valence-electron chi connectivity index (χ4n) is 11.7. The summed E-state index contributed by atoms with van der Waals surface area (Å²) in [5, 5.41) is 7.31. The molecule has 102 heavy (non-hydrogen) atoms. The van der Waals surface area contributed by atoms with Crippen molar-refractivity contribution in [1.82, 2.24) is 5.32 Å². The standard InChI is InChI=1S/C61H77FN7O16S4.5Na.2O3S/c1-6-26-68-53-21-18-47(67(27-9-36-86(71,72)73)28-10-37-87(74,75)76)41-51(53)60(2,3)55(68)22-16-44-39-46(59(70)64-24-30-83-32-34-85-35-33-84-31-25-65-66-63)40-45(57(44)49-12-7-8-13-52(49)62)17-23-56-61(4,5)58-50-42-48(89(80,81)82)19-14-43(50)15-20-54(58)69(56)29-11-38-88(77,78)79;;;;;;2*1-4(2)3/h7-8,12-13,15-23,41-42,46H,1,6,9-11,24-40H2,2-5H3,(H,64,70)(H,71,72,73)(H,74,75,76)(H,77,78,79)(H,80,81,82);;;;;;;/q-1;5*+1;;/p-4. The first kappa shape index (κ1) is 99.8. The van der Waals surface area contributed by atoms with Crippen LogP contribution in [0.3, 0.4) is 0 Å². The van der Waals surface area contributed by atoms with Gasteiger partial charge in [0.15, 0.2) is 11.4 Å². The Balaban J connectivity index is 0.00000744. The van der Waals surface area contributed by atoms with Crippen LogP contribution < -0.4 is 163 Å². The maximum atomic E-state index is 16.7. The number of hydrogen-bond acceptors (Lipinski definition) is 25. The minimum Gasteiger partial charge on any atom is -0.752 e. The van der Waals surface area contributed by atoms with E-state index in [1.165, 1.54) is 12.1 Å². The van der Waals surface area contributed by atoms with Crippen LogP contribution in [0, 0.1) is 24.7 Å². The van der Waals surface area contributed by atoms with Crippen molar-refractivity contribution in [3.8, 4) is 0 Å². The Morgan fingerprint density at radius 2 is 1.32 bits per heavy atom. The molecular weight excluding hydrogens is 1510 g/mol. The van der Waals surface area contributed by atoms with Gasteiger partial charge in [-0.2, -0.15) is 11.0 Å². The third-order valence-corrected chi connectivity index (χ3v) is 18.9. The van der Waals surface area contributed by atoms with Crippen LogP contribution in [-0.4, -0.2) is 189 Å². The van der Waals surface area contributed by atoms with Gasteiger partial charge in [0.1, 0.15) is 12.4 Å². The molecule has 7 rings (SSSR count). The van der Waals surface area contributed by atoms with Crippen LogP contribution in [0.4, 0.5) is 21.5 Å². The summed E-state index contributed by atoms with van der Waals surface area (Å²) in [7, 11) is -25.0. The monoisotopic (exact) mass is 1580 g/mol. The summed E-state index contributed by atoms with van der Waals surface area (Å²) in [5.41, 5.74) is 13.1. The van der Waals surface area contributed by atoms with Gasteiger partial charge in [-0.25, -0.2) is 38.1 Å². The number of allylic oxidation sites excluding steroid dienone is 8. The summed E-state index contributed by atoms with van der Waals surface area (Å²) in [6.45, 7) is 14.2. The molecule has 1 aliphatic carbocycles. The number of azide groups is 1. The zero-order valence-electron chi connectivity index (χ0n) is 58.3. The van der Waals surface area contributed by atoms with Crippen LogP contribution >= 0.6 is 0 Å². The second-order valence-corrected chi connectivity index (χ2v) is 29.9. The Bertz CT molecular complexity index is 4410. The normalized spacial score (nSPS) is 15.9. The number of amides is 1. The van der Waals surface area contributed by atoms with E-state index in [1.807, 2.05) is 56.6 Å². The average molecular weight is 1580 g/mol. The number of benzene rings is 4. The number of rotatable bonds is 33. The van der Waals surface area contributed by atoms with Crippen molar-refractivity contribution in [3.63, 3.8) is 0 Å². The Morgan fingerprint density at radius 3 is 1.87 bits per heavy atom. The number of ether oxygens (including phenoxy) is 3. The van der Waals surface area contributed by atoms with Crippen molar-refractivity contribution in [2.24, 2.45) is 11.0 Å². The van der Waals surface area contributed by atoms with Gasteiger partial charge in [-0.3, -0.25) is 4.79 Å². The van der Waals surface area contributed by atoms with Gasteiger partial charge in [-0.1, -0.05) is 54.7 Å². The molecular formula is C61H73FN7Na5O22S6. The van der Waals surface area contributed by atoms with Crippen LogP contribution in [0.5, 0.6) is 0 Å². The van der Waals surface area contributed by atoms with Gasteiger partial charge in [0.05, 0.1) is 85.5 Å². The first-order valence-electron chi connectivity index (χ1n) is 29.9. The van der Waals surface area contributed by atoms with Crippen molar-refractivity contribution in [3.05, 3.63) is 154 Å². The van der Waals surface area contributed by atoms with E-state index in [0.29, 0.717) is 63.1 Å². The van der Waals surface area contributed by atoms with Crippen molar-refractivity contribution in [1.29, 1.82) is 0 Å². The zero-order chi connectivity index (χ0) is 72.1. The third-order valence-electron chi connectivity index (χ3n) is 15.7. The van der Waals surface area contributed by atoms with Gasteiger partial charge < -0.3 is 54.5 Å². The Hall–Kier alpha value is -2.16. The van der Waals surface area contributed by atoms with Crippen LogP contribution in [0.25, 0.3) is 26.8 Å². The van der Waals surface area contributed by atoms with E-state index in [1.54, 1.807) is 53.5 Å². The maximum absolute atomic E-state index is 16.7. The van der Waals surface area contributed by atoms with Gasteiger partial charge in [0, 0.05) is 100 Å². The first-order chi connectivity index (χ1) is 45.4. The van der Waals surface area contributed by atoms with Crippen molar-refractivity contribution in [2.75, 3.05) is 106 Å². The molecule has 0 saturated carbocycles. The van der Waals surface area contributed by atoms with E-state index in [4.69, 9.17) is 45.0 Å². The molecule has 0 fully saturated rings. The quantitative estimate of drug-likeness (QED) is 0.00676. The molecule has 4 aromatic rings. The Labute approximate surface area is 708 Å². The van der Waals surface area contributed by atoms with E-state index < -0.39 is 106 Å². The zero-order valence-corrected chi connectivity index (χ0v) is 73.2. The number of hydrogen-bond donors (Lipinski definition) is 1. The third kappa shape index (κ3) is 31.4. The molecule has 29 nitrogen and oxygen atoms in total. The summed E-state index contributed by atoms with van der Waals surface area (Å²) < 4.78 is 229. The van der Waals surface area contributed by atoms with E-state index in [9.17, 15) is 56.7 Å². The minimum atomic E-state index is -4.93. The minimum absolute atomic E-state index is 0. The molecule has 4 aromatic carbocycles. The molecule has 1 amide bonds. The predicted molar refractivity (Wildman–Crippen MR) is 350 cm³/mol. The summed E-state index contributed by atoms with van der Waals surface area (Å²) >= 11 is 0. The van der Waals surface area contributed by atoms with Gasteiger partial charge in [-0.15, -0.1) is 54.9 Å². The topological polar surface area (TPSA) is 446 Å². The summed E-state index contributed by atoms with van der Waals surface area (Å²) in [4.78, 5) is 20.6. The predicted octanol–water partition coefficient (Wildman–Crippen LogP) is -9.59. The van der Waals surface area contributed by atoms with Gasteiger partial charge >= 0.3 is 169 Å². The fourth-order valence-corrected chi connectivity index (χ4v) is 13.6. The van der Waals surface area contributed by atoms with Crippen molar-refractivity contribution >= 4 is 107 Å². The Kier molecular flexibility index (Phi) is 45.4. The van der Waals surface area contributed by atoms with Crippen molar-refractivity contribution in [2.45, 2.75) is 81.9 Å². The molecule has 2 aliphatic heterocycles. The number of fused-ring (bicyclic) bond motifs is 4. The largest absolute Gasteiger partial charge is 1.00 e. The second-order valence-electron chi connectivity index (χ2n) is 23.1. The molecule has 1 atom stereocenters. The molecule has 532 valence electrons. The fraction of sp³-hybridized carbons (Fsp3) is 0.459. The van der Waals surface area contributed by atoms with Crippen LogP contribution in [-0.2, 0) is 91.5 Å². The van der Waals surface area contributed by atoms with E-state index in [2.05, 4.69) is 33.2 Å². The SMILES string of the molecule is O=S(=O)=O.O=S(=O)=O.[CH2-]CCN1/C(=C/C=C2\CC(C(=O)NCCOCCOCCOCCN=[N+]=[N-])CC(/C=C/C3=[N+](CCCS(=O)(=O)[O-])c4ccc5[c-]cc(S(=O)(=O)[O-])cc5c4C3(C)C)=C2c2ccccc2F)C(C)(C)c2cc(N(CCCS(=O)(=O)[O-])CCCS(=O)(=O)[O-])ccc21.[Na+].[Na+].[Na+].[Na+].[Na+]. The number of carbonyl (C=O) groups excluding carboxylic acids is 1. The van der Waals surface area contributed by atoms with E-state index >= 15 is 4.39 Å². The summed E-state index contributed by atoms with van der Waals surface area (Å²) in [6.07, 6.45) is 7.79. The average Bonchev–Trinajstić information content (AvgIpc) is 1.54. The van der Waals surface area contributed by atoms with Crippen LogP contribution in [0.15, 0.2) is 118 Å². The van der Waals surface area contributed by atoms with Crippen LogP contribution in [0.2, 0.25) is 0 Å². The summed E-state index contributed by atoms with van der Waals surface area (Å²) in [6, 6.07) is 20.6. The van der Waals surface area contributed by atoms with E-state index in [0.717, 1.165) is 23.0 Å². The molecule has 1 unspecified atom stereocenters. The molecule has 0 spiro atoms. The number of nitrogens with zero attached hydrogens (tertiary/aromatic N) is 6. The van der Waals surface area contributed by atoms with Crippen LogP contribution in [0.1, 0.15) is 82.9 Å². The number of carbonyl (C=O) groups is 1. The number of anilines is 2. The van der Waals surface area contributed by atoms with Crippen molar-refractivity contribution < 1.29 is 253 Å². The second kappa shape index (κ2) is 46.4. The number of halogens is 1. The molecule has 0 saturated heterocycles. The van der Waals surface area contributed by atoms with Gasteiger partial charge in [-0.05, 0) is 115 Å². The number of nitrogens with one attached hydrogen (secondary N) is 1. The van der Waals surface area contributed by atoms with E-state index in [-0.39, 0.29) is 264 Å². The molecule has 0 radical (unpaired) electrons. The smallest absolute Gasteiger partial charge is 0.752 e. The molecule has 2 heterocycles. The summed E-state index contributed by atoms with van der Waals surface area (Å²) in [5.74, 6) is -3.67. The Morgan fingerprint density at radius 1 is 0.765 bits per heavy atom. The maximum Gasteiger partial charge on any atom is 1.00 e. The molecule has 41 heteroatoms. The molecule has 0 bridgehead atoms. The van der Waals surface area contributed by atoms with Gasteiger partial charge in [0.2, 0.25) is 5.91 Å². The molecule has 1 N–H and O–H groups in total. The van der Waals surface area contributed by atoms with Gasteiger partial charge in [0.25, 0.3) is 0 Å². The first-order valence-corrected chi connectivity index (χ1v) is 38.1. The molecule has 0 aromatic heterocycles. The molecule has 3 aliphatic rings.